The van der Waals surface area contributed by atoms with Crippen LogP contribution in [0, 0.1) is 0 Å². The van der Waals surface area contributed by atoms with Crippen LogP contribution in [0.1, 0.15) is 73.0 Å². The molecule has 6 aromatic rings. The molecule has 0 bridgehead atoms. The summed E-state index contributed by atoms with van der Waals surface area (Å²) in [6.07, 6.45) is 5.10. The number of imidazole rings is 2. The molecule has 206 valence electrons. The van der Waals surface area contributed by atoms with Gasteiger partial charge in [0.2, 0.25) is 0 Å². The zero-order chi connectivity index (χ0) is 27.8. The number of benzene rings is 2. The number of aromatic nitrogens is 7. The Kier molecular flexibility index (Phi) is 5.44. The van der Waals surface area contributed by atoms with Crippen LogP contribution in [0.2, 0.25) is 0 Å². The molecular formula is C33H33N7O. The maximum atomic E-state index is 6.26. The molecule has 2 aromatic carbocycles. The number of pyridine rings is 1. The summed E-state index contributed by atoms with van der Waals surface area (Å²) in [6, 6.07) is 17.1. The first-order valence-electron chi connectivity index (χ1n) is 14.5. The fourth-order valence-corrected chi connectivity index (χ4v) is 6.40. The van der Waals surface area contributed by atoms with Crippen LogP contribution in [0.25, 0.3) is 44.7 Å². The molecular weight excluding hydrogens is 510 g/mol. The third-order valence-corrected chi connectivity index (χ3v) is 8.58. The number of aryl methyl sites for hydroxylation is 1. The van der Waals surface area contributed by atoms with Gasteiger partial charge in [0.05, 0.1) is 29.0 Å². The largest absolute Gasteiger partial charge is 0.365 e. The lowest BCUT2D eigenvalue weighted by Crippen LogP contribution is -2.16. The van der Waals surface area contributed by atoms with E-state index in [2.05, 4.69) is 84.1 Å². The topological polar surface area (TPSA) is 86.4 Å². The van der Waals surface area contributed by atoms with Gasteiger partial charge in [-0.3, -0.25) is 4.68 Å². The van der Waals surface area contributed by atoms with Gasteiger partial charge in [-0.1, -0.05) is 50.2 Å². The van der Waals surface area contributed by atoms with Gasteiger partial charge in [0.1, 0.15) is 17.8 Å². The Bertz CT molecular complexity index is 1960. The van der Waals surface area contributed by atoms with E-state index in [1.807, 2.05) is 17.9 Å². The molecule has 1 fully saturated rings. The highest BCUT2D eigenvalue weighted by Gasteiger charge is 2.34. The second-order valence-electron chi connectivity index (χ2n) is 11.9. The predicted molar refractivity (Wildman–Crippen MR) is 160 cm³/mol. The van der Waals surface area contributed by atoms with Crippen LogP contribution in [0.3, 0.4) is 0 Å². The molecule has 41 heavy (non-hydrogen) atoms. The highest BCUT2D eigenvalue weighted by Crippen LogP contribution is 2.47. The van der Waals surface area contributed by atoms with Crippen molar-refractivity contribution >= 4 is 22.1 Å². The molecule has 1 N–H and O–H groups in total. The van der Waals surface area contributed by atoms with Gasteiger partial charge in [-0.05, 0) is 42.0 Å². The summed E-state index contributed by atoms with van der Waals surface area (Å²) in [5, 5.41) is 5.59. The molecule has 1 unspecified atom stereocenters. The summed E-state index contributed by atoms with van der Waals surface area (Å²) in [6.45, 7) is 4.97. The average molecular weight is 544 g/mol. The standard InChI is InChI=1S/C33H33N7O/c1-18(2)27-24(14-22-16-39(3)38-31(22)35-27)33-37-29(30(40(33)4)19-12-13-19)23-10-7-11-25-28(23)36-32(34-25)26-15-20-8-5-6-9-21(20)17-41-26/h5-11,14,16,18-19,26H,12-13,15,17H2,1-4H3,(H,34,36). The first-order valence-corrected chi connectivity index (χ1v) is 14.5. The average Bonchev–Trinajstić information content (AvgIpc) is 3.44. The normalized spacial score (nSPS) is 17.1. The number of nitrogens with one attached hydrogen (secondary N) is 1. The summed E-state index contributed by atoms with van der Waals surface area (Å²) >= 11 is 0. The number of ether oxygens (including phenoxy) is 1. The number of H-pyrrole nitrogens is 1. The third kappa shape index (κ3) is 4.00. The number of aromatic amines is 1. The number of hydrogen-bond donors (Lipinski definition) is 1. The second kappa shape index (κ2) is 9.11. The Balaban J connectivity index is 1.27. The molecule has 8 heteroatoms. The van der Waals surface area contributed by atoms with Crippen molar-refractivity contribution in [3.63, 3.8) is 0 Å². The smallest absolute Gasteiger partial charge is 0.181 e. The van der Waals surface area contributed by atoms with Crippen molar-refractivity contribution in [2.45, 2.75) is 57.7 Å². The second-order valence-corrected chi connectivity index (χ2v) is 11.9. The molecule has 1 aliphatic carbocycles. The van der Waals surface area contributed by atoms with E-state index in [4.69, 9.17) is 19.7 Å². The predicted octanol–water partition coefficient (Wildman–Crippen LogP) is 6.73. The van der Waals surface area contributed by atoms with Crippen LogP contribution < -0.4 is 0 Å². The number of hydrogen-bond acceptors (Lipinski definition) is 5. The van der Waals surface area contributed by atoms with E-state index < -0.39 is 0 Å². The van der Waals surface area contributed by atoms with Gasteiger partial charge in [-0.25, -0.2) is 15.0 Å². The minimum Gasteiger partial charge on any atom is -0.365 e. The van der Waals surface area contributed by atoms with Crippen LogP contribution >= 0.6 is 0 Å². The summed E-state index contributed by atoms with van der Waals surface area (Å²) in [7, 11) is 4.09. The molecule has 0 saturated heterocycles. The summed E-state index contributed by atoms with van der Waals surface area (Å²) in [4.78, 5) is 19.1. The van der Waals surface area contributed by atoms with E-state index in [-0.39, 0.29) is 12.0 Å². The fourth-order valence-electron chi connectivity index (χ4n) is 6.40. The molecule has 1 saturated carbocycles. The number of fused-ring (bicyclic) bond motifs is 3. The van der Waals surface area contributed by atoms with E-state index >= 15 is 0 Å². The Morgan fingerprint density at radius 1 is 0.951 bits per heavy atom. The van der Waals surface area contributed by atoms with Crippen LogP contribution in [0.15, 0.2) is 54.7 Å². The van der Waals surface area contributed by atoms with Crippen LogP contribution in [-0.2, 0) is 31.9 Å². The maximum Gasteiger partial charge on any atom is 0.181 e. The Morgan fingerprint density at radius 2 is 1.78 bits per heavy atom. The highest BCUT2D eigenvalue weighted by atomic mass is 16.5. The molecule has 8 nitrogen and oxygen atoms in total. The molecule has 1 aliphatic heterocycles. The highest BCUT2D eigenvalue weighted by molar-refractivity contribution is 5.93. The molecule has 4 aromatic heterocycles. The van der Waals surface area contributed by atoms with Crippen molar-refractivity contribution in [3.05, 3.63) is 83.1 Å². The van der Waals surface area contributed by atoms with Gasteiger partial charge in [0.25, 0.3) is 0 Å². The zero-order valence-corrected chi connectivity index (χ0v) is 23.8. The van der Waals surface area contributed by atoms with E-state index in [1.165, 1.54) is 29.7 Å². The van der Waals surface area contributed by atoms with Crippen molar-refractivity contribution in [1.82, 2.24) is 34.3 Å². The van der Waals surface area contributed by atoms with Gasteiger partial charge >= 0.3 is 0 Å². The SMILES string of the molecule is CC(C)c1nc2nn(C)cc2cc1-c1nc(-c2cccc3[nH]c(C4Cc5ccccc5CO4)nc23)c(C2CC2)n1C. The molecule has 5 heterocycles. The summed E-state index contributed by atoms with van der Waals surface area (Å²) in [5.41, 5.74) is 10.8. The van der Waals surface area contributed by atoms with Gasteiger partial charge in [-0.15, -0.1) is 0 Å². The zero-order valence-electron chi connectivity index (χ0n) is 23.8. The fraction of sp³-hybridized carbons (Fsp3) is 0.333. The molecule has 0 amide bonds. The van der Waals surface area contributed by atoms with Gasteiger partial charge in [-0.2, -0.15) is 5.10 Å². The number of rotatable bonds is 5. The van der Waals surface area contributed by atoms with E-state index in [0.29, 0.717) is 12.5 Å². The third-order valence-electron chi connectivity index (χ3n) is 8.58. The maximum absolute atomic E-state index is 6.26. The molecule has 0 spiro atoms. The molecule has 1 atom stereocenters. The minimum atomic E-state index is -0.0989. The van der Waals surface area contributed by atoms with Gasteiger partial charge in [0, 0.05) is 54.8 Å². The van der Waals surface area contributed by atoms with Crippen LogP contribution in [-0.4, -0.2) is 34.3 Å². The first kappa shape index (κ1) is 24.5. The number of para-hydroxylation sites is 1. The number of nitrogens with zero attached hydrogens (tertiary/aromatic N) is 6. The summed E-state index contributed by atoms with van der Waals surface area (Å²) < 4.78 is 10.4. The van der Waals surface area contributed by atoms with Gasteiger partial charge in [0.15, 0.2) is 5.65 Å². The van der Waals surface area contributed by atoms with Crippen molar-refractivity contribution in [3.8, 4) is 22.6 Å². The first-order chi connectivity index (χ1) is 19.9. The van der Waals surface area contributed by atoms with Crippen LogP contribution in [0.5, 0.6) is 0 Å². The molecule has 0 radical (unpaired) electrons. The Morgan fingerprint density at radius 3 is 2.59 bits per heavy atom. The molecule has 2 aliphatic rings. The van der Waals surface area contributed by atoms with Gasteiger partial charge < -0.3 is 14.3 Å². The van der Waals surface area contributed by atoms with E-state index in [1.54, 1.807) is 0 Å². The quantitative estimate of drug-likeness (QED) is 0.261. The van der Waals surface area contributed by atoms with E-state index in [9.17, 15) is 0 Å². The van der Waals surface area contributed by atoms with Crippen LogP contribution in [0.4, 0.5) is 0 Å². The van der Waals surface area contributed by atoms with Crippen molar-refractivity contribution in [2.75, 3.05) is 0 Å². The lowest BCUT2D eigenvalue weighted by molar-refractivity contribution is 0.0225. The van der Waals surface area contributed by atoms with Crippen molar-refractivity contribution in [2.24, 2.45) is 14.1 Å². The summed E-state index contributed by atoms with van der Waals surface area (Å²) in [5.74, 6) is 2.56. The van der Waals surface area contributed by atoms with Crippen molar-refractivity contribution < 1.29 is 4.74 Å². The minimum absolute atomic E-state index is 0.0989. The molecule has 8 rings (SSSR count). The van der Waals surface area contributed by atoms with Crippen molar-refractivity contribution in [1.29, 1.82) is 0 Å². The lowest BCUT2D eigenvalue weighted by atomic mass is 9.99. The van der Waals surface area contributed by atoms with E-state index in [0.717, 1.165) is 62.7 Å². The Hall–Kier alpha value is -4.30. The monoisotopic (exact) mass is 543 g/mol. The Labute approximate surface area is 238 Å². The lowest BCUT2D eigenvalue weighted by Gasteiger charge is -2.23.